The summed E-state index contributed by atoms with van der Waals surface area (Å²) in [5.74, 6) is 0.909. The average molecular weight is 281 g/mol. The molecule has 0 radical (unpaired) electrons. The van der Waals surface area contributed by atoms with Crippen molar-refractivity contribution in [2.24, 2.45) is 0 Å². The Morgan fingerprint density at radius 1 is 1.14 bits per heavy atom. The van der Waals surface area contributed by atoms with Crippen LogP contribution in [-0.2, 0) is 13.0 Å². The van der Waals surface area contributed by atoms with E-state index < -0.39 is 0 Å². The molecule has 2 aromatic carbocycles. The molecule has 108 valence electrons. The SMILES string of the molecule is Cc1ccc(COc2cccc3c2CCN(C)C3=O)cc1. The van der Waals surface area contributed by atoms with Gasteiger partial charge in [0.15, 0.2) is 0 Å². The van der Waals surface area contributed by atoms with Crippen LogP contribution in [0.2, 0.25) is 0 Å². The van der Waals surface area contributed by atoms with Crippen molar-refractivity contribution in [3.63, 3.8) is 0 Å². The third kappa shape index (κ3) is 2.77. The van der Waals surface area contributed by atoms with Gasteiger partial charge in [0.2, 0.25) is 0 Å². The minimum atomic E-state index is 0.0806. The zero-order valence-electron chi connectivity index (χ0n) is 12.4. The third-order valence-corrected chi connectivity index (χ3v) is 3.92. The zero-order valence-corrected chi connectivity index (χ0v) is 12.4. The number of fused-ring (bicyclic) bond motifs is 1. The molecule has 3 rings (SSSR count). The molecule has 0 saturated carbocycles. The molecule has 0 saturated heterocycles. The molecule has 0 spiro atoms. The molecule has 0 atom stereocenters. The van der Waals surface area contributed by atoms with E-state index in [9.17, 15) is 4.79 Å². The molecule has 2 aromatic rings. The van der Waals surface area contributed by atoms with E-state index in [1.807, 2.05) is 25.2 Å². The van der Waals surface area contributed by atoms with Crippen molar-refractivity contribution in [1.82, 2.24) is 4.90 Å². The molecule has 1 aliphatic rings. The Balaban J connectivity index is 1.80. The van der Waals surface area contributed by atoms with E-state index in [0.29, 0.717) is 6.61 Å². The Bertz CT molecular complexity index is 661. The van der Waals surface area contributed by atoms with Gasteiger partial charge in [0.25, 0.3) is 5.91 Å². The van der Waals surface area contributed by atoms with Gasteiger partial charge in [-0.3, -0.25) is 4.79 Å². The van der Waals surface area contributed by atoms with E-state index >= 15 is 0 Å². The fourth-order valence-corrected chi connectivity index (χ4v) is 2.59. The molecule has 0 unspecified atom stereocenters. The van der Waals surface area contributed by atoms with Crippen LogP contribution in [0, 0.1) is 6.92 Å². The lowest BCUT2D eigenvalue weighted by molar-refractivity contribution is 0.0779. The van der Waals surface area contributed by atoms with Gasteiger partial charge in [-0.15, -0.1) is 0 Å². The third-order valence-electron chi connectivity index (χ3n) is 3.92. The Kier molecular flexibility index (Phi) is 3.65. The smallest absolute Gasteiger partial charge is 0.254 e. The highest BCUT2D eigenvalue weighted by Crippen LogP contribution is 2.28. The van der Waals surface area contributed by atoms with Gasteiger partial charge >= 0.3 is 0 Å². The molecule has 0 aromatic heterocycles. The lowest BCUT2D eigenvalue weighted by Crippen LogP contribution is -2.34. The Morgan fingerprint density at radius 3 is 2.67 bits per heavy atom. The second-order valence-electron chi connectivity index (χ2n) is 5.53. The van der Waals surface area contributed by atoms with Crippen LogP contribution >= 0.6 is 0 Å². The van der Waals surface area contributed by atoms with Crippen molar-refractivity contribution in [3.05, 3.63) is 64.7 Å². The lowest BCUT2D eigenvalue weighted by Gasteiger charge is -2.26. The molecule has 3 heteroatoms. The maximum absolute atomic E-state index is 12.2. The van der Waals surface area contributed by atoms with Gasteiger partial charge in [0, 0.05) is 24.7 Å². The first-order valence-electron chi connectivity index (χ1n) is 7.21. The first kappa shape index (κ1) is 13.7. The highest BCUT2D eigenvalue weighted by atomic mass is 16.5. The number of rotatable bonds is 3. The summed E-state index contributed by atoms with van der Waals surface area (Å²) in [5, 5.41) is 0. The predicted octanol–water partition coefficient (Wildman–Crippen LogP) is 3.20. The number of benzene rings is 2. The highest BCUT2D eigenvalue weighted by Gasteiger charge is 2.23. The van der Waals surface area contributed by atoms with Crippen molar-refractivity contribution in [1.29, 1.82) is 0 Å². The Hall–Kier alpha value is -2.29. The molecular weight excluding hydrogens is 262 g/mol. The van der Waals surface area contributed by atoms with E-state index in [1.165, 1.54) is 5.56 Å². The number of likely N-dealkylation sites (N-methyl/N-ethyl adjacent to an activating group) is 1. The van der Waals surface area contributed by atoms with Gasteiger partial charge in [0.05, 0.1) is 0 Å². The van der Waals surface area contributed by atoms with E-state index in [-0.39, 0.29) is 5.91 Å². The van der Waals surface area contributed by atoms with Crippen LogP contribution in [0.1, 0.15) is 27.0 Å². The van der Waals surface area contributed by atoms with E-state index in [0.717, 1.165) is 35.4 Å². The van der Waals surface area contributed by atoms with Crippen molar-refractivity contribution in [3.8, 4) is 5.75 Å². The fraction of sp³-hybridized carbons (Fsp3) is 0.278. The quantitative estimate of drug-likeness (QED) is 0.864. The van der Waals surface area contributed by atoms with Crippen LogP contribution in [0.15, 0.2) is 42.5 Å². The van der Waals surface area contributed by atoms with Gasteiger partial charge in [0.1, 0.15) is 12.4 Å². The molecule has 3 nitrogen and oxygen atoms in total. The molecule has 0 fully saturated rings. The molecule has 1 heterocycles. The molecular formula is C18H19NO2. The maximum atomic E-state index is 12.2. The Morgan fingerprint density at radius 2 is 1.90 bits per heavy atom. The maximum Gasteiger partial charge on any atom is 0.254 e. The lowest BCUT2D eigenvalue weighted by atomic mass is 9.98. The number of nitrogens with zero attached hydrogens (tertiary/aromatic N) is 1. The van der Waals surface area contributed by atoms with E-state index in [1.54, 1.807) is 4.90 Å². The van der Waals surface area contributed by atoms with Crippen molar-refractivity contribution in [2.45, 2.75) is 20.0 Å². The van der Waals surface area contributed by atoms with Gasteiger partial charge < -0.3 is 9.64 Å². The van der Waals surface area contributed by atoms with Crippen LogP contribution in [0.5, 0.6) is 5.75 Å². The monoisotopic (exact) mass is 281 g/mol. The van der Waals surface area contributed by atoms with Crippen LogP contribution in [-0.4, -0.2) is 24.4 Å². The van der Waals surface area contributed by atoms with Gasteiger partial charge in [-0.2, -0.15) is 0 Å². The van der Waals surface area contributed by atoms with Crippen LogP contribution in [0.3, 0.4) is 0 Å². The summed E-state index contributed by atoms with van der Waals surface area (Å²) in [7, 11) is 1.84. The highest BCUT2D eigenvalue weighted by molar-refractivity contribution is 5.97. The van der Waals surface area contributed by atoms with Crippen LogP contribution in [0.4, 0.5) is 0 Å². The van der Waals surface area contributed by atoms with Crippen molar-refractivity contribution < 1.29 is 9.53 Å². The summed E-state index contributed by atoms with van der Waals surface area (Å²) in [6.07, 6.45) is 0.849. The molecule has 21 heavy (non-hydrogen) atoms. The first-order valence-corrected chi connectivity index (χ1v) is 7.21. The zero-order chi connectivity index (χ0) is 14.8. The van der Waals surface area contributed by atoms with Gasteiger partial charge in [-0.25, -0.2) is 0 Å². The molecule has 0 aliphatic carbocycles. The molecule has 0 bridgehead atoms. The van der Waals surface area contributed by atoms with Crippen molar-refractivity contribution in [2.75, 3.05) is 13.6 Å². The van der Waals surface area contributed by atoms with E-state index in [4.69, 9.17) is 4.74 Å². The van der Waals surface area contributed by atoms with Crippen LogP contribution < -0.4 is 4.74 Å². The van der Waals surface area contributed by atoms with E-state index in [2.05, 4.69) is 31.2 Å². The van der Waals surface area contributed by atoms with Crippen molar-refractivity contribution >= 4 is 5.91 Å². The second-order valence-corrected chi connectivity index (χ2v) is 5.53. The van der Waals surface area contributed by atoms with Gasteiger partial charge in [-0.1, -0.05) is 35.9 Å². The number of hydrogen-bond donors (Lipinski definition) is 0. The first-order chi connectivity index (χ1) is 10.1. The minimum absolute atomic E-state index is 0.0806. The number of carbonyl (C=O) groups is 1. The summed E-state index contributed by atoms with van der Waals surface area (Å²) in [6.45, 7) is 3.35. The molecule has 1 aliphatic heterocycles. The van der Waals surface area contributed by atoms with Gasteiger partial charge in [-0.05, 0) is 31.0 Å². The summed E-state index contributed by atoms with van der Waals surface area (Å²) < 4.78 is 5.94. The number of hydrogen-bond acceptors (Lipinski definition) is 2. The molecule has 0 N–H and O–H groups in total. The summed E-state index contributed by atoms with van der Waals surface area (Å²) in [6, 6.07) is 14.0. The fourth-order valence-electron chi connectivity index (χ4n) is 2.59. The minimum Gasteiger partial charge on any atom is -0.489 e. The summed E-state index contributed by atoms with van der Waals surface area (Å²) >= 11 is 0. The number of carbonyl (C=O) groups excluding carboxylic acids is 1. The number of ether oxygens (including phenoxy) is 1. The van der Waals surface area contributed by atoms with Crippen LogP contribution in [0.25, 0.3) is 0 Å². The molecule has 1 amide bonds. The summed E-state index contributed by atoms with van der Waals surface area (Å²) in [5.41, 5.74) is 4.18. The summed E-state index contributed by atoms with van der Waals surface area (Å²) in [4.78, 5) is 13.9. The topological polar surface area (TPSA) is 29.5 Å². The normalized spacial score (nSPS) is 14.0. The largest absolute Gasteiger partial charge is 0.489 e. The standard InChI is InChI=1S/C18H19NO2/c1-13-6-8-14(9-7-13)12-21-17-5-3-4-16-15(17)10-11-19(2)18(16)20/h3-9H,10-12H2,1-2H3. The Labute approximate surface area is 125 Å². The average Bonchev–Trinajstić information content (AvgIpc) is 2.50. The second kappa shape index (κ2) is 5.60. The predicted molar refractivity (Wildman–Crippen MR) is 82.6 cm³/mol. The number of amides is 1. The number of aryl methyl sites for hydroxylation is 1.